The maximum absolute atomic E-state index is 14.0. The molecule has 0 radical (unpaired) electrons. The summed E-state index contributed by atoms with van der Waals surface area (Å²) in [4.78, 5) is 12.6. The highest BCUT2D eigenvalue weighted by Crippen LogP contribution is 2.20. The quantitative estimate of drug-likeness (QED) is 0.769. The zero-order valence-electron chi connectivity index (χ0n) is 14.4. The van der Waals surface area contributed by atoms with Crippen LogP contribution in [0, 0.1) is 12.7 Å². The highest BCUT2D eigenvalue weighted by atomic mass is 19.1. The van der Waals surface area contributed by atoms with Crippen molar-refractivity contribution in [1.29, 1.82) is 0 Å². The molecule has 1 unspecified atom stereocenters. The number of carbonyl (C=O) groups excluding carboxylic acids is 1. The maximum Gasteiger partial charge on any atom is 0.260 e. The van der Waals surface area contributed by atoms with Crippen LogP contribution in [0.5, 0.6) is 0 Å². The SMILES string of the molecule is CCC(C)n1nccc1NC(=O)c1cnn(-c2ccccc2F)c1C. The molecule has 2 aromatic heterocycles. The van der Waals surface area contributed by atoms with E-state index in [0.717, 1.165) is 6.42 Å². The molecule has 2 heterocycles. The van der Waals surface area contributed by atoms with Gasteiger partial charge in [0.15, 0.2) is 0 Å². The van der Waals surface area contributed by atoms with Gasteiger partial charge in [0, 0.05) is 6.07 Å². The van der Waals surface area contributed by atoms with Crippen LogP contribution in [-0.2, 0) is 0 Å². The fourth-order valence-corrected chi connectivity index (χ4v) is 2.62. The van der Waals surface area contributed by atoms with Crippen LogP contribution in [0.1, 0.15) is 42.4 Å². The minimum absolute atomic E-state index is 0.174. The first-order chi connectivity index (χ1) is 12.0. The standard InChI is InChI=1S/C18H20FN5O/c1-4-12(2)23-17(9-10-20-23)22-18(25)14-11-21-24(13(14)3)16-8-6-5-7-15(16)19/h5-12H,4H2,1-3H3,(H,22,25). The second kappa shape index (κ2) is 6.88. The molecule has 1 N–H and O–H groups in total. The van der Waals surface area contributed by atoms with Crippen LogP contribution in [0.2, 0.25) is 0 Å². The van der Waals surface area contributed by atoms with Crippen molar-refractivity contribution in [1.82, 2.24) is 19.6 Å². The number of hydrogen-bond acceptors (Lipinski definition) is 3. The molecule has 0 aliphatic heterocycles. The van der Waals surface area contributed by atoms with Crippen molar-refractivity contribution in [3.8, 4) is 5.69 Å². The fourth-order valence-electron chi connectivity index (χ4n) is 2.62. The van der Waals surface area contributed by atoms with Crippen molar-refractivity contribution < 1.29 is 9.18 Å². The molecular formula is C18H20FN5O. The van der Waals surface area contributed by atoms with E-state index in [2.05, 4.69) is 22.4 Å². The van der Waals surface area contributed by atoms with E-state index in [1.165, 1.54) is 16.9 Å². The first-order valence-corrected chi connectivity index (χ1v) is 8.17. The van der Waals surface area contributed by atoms with Gasteiger partial charge in [0.2, 0.25) is 0 Å². The van der Waals surface area contributed by atoms with Gasteiger partial charge in [0.25, 0.3) is 5.91 Å². The van der Waals surface area contributed by atoms with Crippen LogP contribution in [0.3, 0.4) is 0 Å². The smallest absolute Gasteiger partial charge is 0.260 e. The number of carbonyl (C=O) groups is 1. The summed E-state index contributed by atoms with van der Waals surface area (Å²) in [5, 5.41) is 11.3. The predicted octanol–water partition coefficient (Wildman–Crippen LogP) is 3.74. The summed E-state index contributed by atoms with van der Waals surface area (Å²) in [5.74, 6) is -0.0713. The lowest BCUT2D eigenvalue weighted by Crippen LogP contribution is -2.18. The van der Waals surface area contributed by atoms with Gasteiger partial charge in [-0.15, -0.1) is 0 Å². The lowest BCUT2D eigenvalue weighted by Gasteiger charge is -2.14. The second-order valence-corrected chi connectivity index (χ2v) is 5.88. The number of amides is 1. The van der Waals surface area contributed by atoms with Crippen molar-refractivity contribution in [2.75, 3.05) is 5.32 Å². The third-order valence-corrected chi connectivity index (χ3v) is 4.26. The van der Waals surface area contributed by atoms with Gasteiger partial charge < -0.3 is 5.32 Å². The van der Waals surface area contributed by atoms with Gasteiger partial charge in [-0.2, -0.15) is 10.2 Å². The monoisotopic (exact) mass is 341 g/mol. The van der Waals surface area contributed by atoms with E-state index in [1.807, 2.05) is 6.92 Å². The van der Waals surface area contributed by atoms with E-state index in [1.54, 1.807) is 42.1 Å². The molecule has 7 heteroatoms. The van der Waals surface area contributed by atoms with E-state index >= 15 is 0 Å². The molecule has 0 bridgehead atoms. The van der Waals surface area contributed by atoms with Gasteiger partial charge in [-0.3, -0.25) is 4.79 Å². The van der Waals surface area contributed by atoms with E-state index in [4.69, 9.17) is 0 Å². The van der Waals surface area contributed by atoms with Crippen molar-refractivity contribution in [2.45, 2.75) is 33.2 Å². The summed E-state index contributed by atoms with van der Waals surface area (Å²) in [6, 6.07) is 8.24. The minimum Gasteiger partial charge on any atom is -0.307 e. The summed E-state index contributed by atoms with van der Waals surface area (Å²) >= 11 is 0. The average molecular weight is 341 g/mol. The van der Waals surface area contributed by atoms with Crippen LogP contribution < -0.4 is 5.32 Å². The molecule has 25 heavy (non-hydrogen) atoms. The topological polar surface area (TPSA) is 64.7 Å². The number of aromatic nitrogens is 4. The Bertz CT molecular complexity index is 899. The largest absolute Gasteiger partial charge is 0.307 e. The predicted molar refractivity (Wildman–Crippen MR) is 93.4 cm³/mol. The van der Waals surface area contributed by atoms with Gasteiger partial charge in [-0.05, 0) is 32.4 Å². The summed E-state index contributed by atoms with van der Waals surface area (Å²) in [7, 11) is 0. The van der Waals surface area contributed by atoms with Crippen molar-refractivity contribution in [2.24, 2.45) is 0 Å². The number of rotatable bonds is 5. The molecule has 6 nitrogen and oxygen atoms in total. The molecule has 0 saturated carbocycles. The molecular weight excluding hydrogens is 321 g/mol. The first kappa shape index (κ1) is 16.9. The number of hydrogen-bond donors (Lipinski definition) is 1. The Morgan fingerprint density at radius 3 is 2.76 bits per heavy atom. The number of nitrogens with zero attached hydrogens (tertiary/aromatic N) is 4. The van der Waals surface area contributed by atoms with E-state index in [0.29, 0.717) is 22.8 Å². The third-order valence-electron chi connectivity index (χ3n) is 4.26. The number of halogens is 1. The summed E-state index contributed by atoms with van der Waals surface area (Å²) in [5.41, 5.74) is 1.26. The van der Waals surface area contributed by atoms with E-state index in [-0.39, 0.29) is 11.9 Å². The van der Waals surface area contributed by atoms with Crippen LogP contribution in [0.15, 0.2) is 42.7 Å². The molecule has 0 aliphatic rings. The number of benzene rings is 1. The van der Waals surface area contributed by atoms with Crippen LogP contribution >= 0.6 is 0 Å². The Morgan fingerprint density at radius 2 is 2.04 bits per heavy atom. The molecule has 130 valence electrons. The molecule has 0 fully saturated rings. The maximum atomic E-state index is 14.0. The molecule has 1 atom stereocenters. The Kier molecular flexibility index (Phi) is 4.65. The summed E-state index contributed by atoms with van der Waals surface area (Å²) in [6.45, 7) is 5.82. The van der Waals surface area contributed by atoms with Gasteiger partial charge in [0.05, 0.1) is 29.7 Å². The van der Waals surface area contributed by atoms with Crippen molar-refractivity contribution in [3.63, 3.8) is 0 Å². The fraction of sp³-hybridized carbons (Fsp3) is 0.278. The molecule has 0 saturated heterocycles. The van der Waals surface area contributed by atoms with Gasteiger partial charge in [-0.25, -0.2) is 13.8 Å². The third kappa shape index (κ3) is 3.17. The zero-order chi connectivity index (χ0) is 18.0. The summed E-state index contributed by atoms with van der Waals surface area (Å²) < 4.78 is 17.2. The Morgan fingerprint density at radius 1 is 1.28 bits per heavy atom. The van der Waals surface area contributed by atoms with Crippen molar-refractivity contribution >= 4 is 11.7 Å². The molecule has 1 aromatic carbocycles. The van der Waals surface area contributed by atoms with Crippen LogP contribution in [-0.4, -0.2) is 25.5 Å². The number of para-hydroxylation sites is 1. The minimum atomic E-state index is -0.393. The Hall–Kier alpha value is -2.96. The normalized spacial score (nSPS) is 12.2. The molecule has 1 amide bonds. The lowest BCUT2D eigenvalue weighted by atomic mass is 10.2. The highest BCUT2D eigenvalue weighted by Gasteiger charge is 2.18. The summed E-state index contributed by atoms with van der Waals surface area (Å²) in [6.07, 6.45) is 3.99. The second-order valence-electron chi connectivity index (χ2n) is 5.88. The lowest BCUT2D eigenvalue weighted by molar-refractivity contribution is 0.102. The van der Waals surface area contributed by atoms with Crippen molar-refractivity contribution in [3.05, 3.63) is 59.8 Å². The highest BCUT2D eigenvalue weighted by molar-refractivity contribution is 6.04. The zero-order valence-corrected chi connectivity index (χ0v) is 14.4. The Labute approximate surface area is 145 Å². The number of anilines is 1. The van der Waals surface area contributed by atoms with Gasteiger partial charge >= 0.3 is 0 Å². The molecule has 3 rings (SSSR count). The number of nitrogens with one attached hydrogen (secondary N) is 1. The van der Waals surface area contributed by atoms with Gasteiger partial charge in [0.1, 0.15) is 17.3 Å². The molecule has 3 aromatic rings. The van der Waals surface area contributed by atoms with Crippen LogP contribution in [0.25, 0.3) is 5.69 Å². The molecule has 0 aliphatic carbocycles. The Balaban J connectivity index is 1.88. The first-order valence-electron chi connectivity index (χ1n) is 8.17. The molecule has 0 spiro atoms. The average Bonchev–Trinajstić information content (AvgIpc) is 3.21. The van der Waals surface area contributed by atoms with E-state index in [9.17, 15) is 9.18 Å². The van der Waals surface area contributed by atoms with Gasteiger partial charge in [-0.1, -0.05) is 19.1 Å². The van der Waals surface area contributed by atoms with E-state index < -0.39 is 5.82 Å². The van der Waals surface area contributed by atoms with Crippen LogP contribution in [0.4, 0.5) is 10.2 Å².